The summed E-state index contributed by atoms with van der Waals surface area (Å²) in [5, 5.41) is -0.393. The Morgan fingerprint density at radius 1 is 0.935 bits per heavy atom. The first kappa shape index (κ1) is 23.7. The number of rotatable bonds is 7. The topological polar surface area (TPSA) is 66.4 Å². The molecular formula is C24H36N4O2S. The van der Waals surface area contributed by atoms with E-state index in [4.69, 9.17) is 9.97 Å². The number of anilines is 1. The van der Waals surface area contributed by atoms with Crippen LogP contribution >= 0.6 is 0 Å². The average Bonchev–Trinajstić information content (AvgIpc) is 2.71. The van der Waals surface area contributed by atoms with Gasteiger partial charge in [0, 0.05) is 50.3 Å². The number of hydrogen-bond acceptors (Lipinski definition) is 5. The van der Waals surface area contributed by atoms with Crippen molar-refractivity contribution < 1.29 is 8.42 Å². The summed E-state index contributed by atoms with van der Waals surface area (Å²) in [6.07, 6.45) is 1.61. The van der Waals surface area contributed by atoms with Gasteiger partial charge in [0.2, 0.25) is 10.0 Å². The number of sulfonamides is 1. The van der Waals surface area contributed by atoms with E-state index >= 15 is 0 Å². The van der Waals surface area contributed by atoms with Crippen molar-refractivity contribution in [3.8, 4) is 0 Å². The van der Waals surface area contributed by atoms with Gasteiger partial charge >= 0.3 is 0 Å². The molecule has 0 aliphatic carbocycles. The highest BCUT2D eigenvalue weighted by Crippen LogP contribution is 2.27. The van der Waals surface area contributed by atoms with Crippen LogP contribution in [0.15, 0.2) is 24.3 Å². The van der Waals surface area contributed by atoms with E-state index in [2.05, 4.69) is 56.9 Å². The Hall–Kier alpha value is -1.99. The highest BCUT2D eigenvalue weighted by molar-refractivity contribution is 7.89. The molecule has 1 fully saturated rings. The molecule has 0 bridgehead atoms. The van der Waals surface area contributed by atoms with Gasteiger partial charge in [-0.25, -0.2) is 18.4 Å². The molecule has 1 aromatic heterocycles. The third-order valence-electron chi connectivity index (χ3n) is 5.82. The maximum Gasteiger partial charge on any atom is 0.216 e. The van der Waals surface area contributed by atoms with Crippen molar-refractivity contribution in [2.45, 2.75) is 59.6 Å². The van der Waals surface area contributed by atoms with Gasteiger partial charge in [0.25, 0.3) is 0 Å². The lowest BCUT2D eigenvalue weighted by Crippen LogP contribution is -2.51. The highest BCUT2D eigenvalue weighted by Gasteiger charge is 2.31. The number of benzene rings is 1. The molecule has 0 amide bonds. The molecule has 0 unspecified atom stereocenters. The third-order valence-corrected chi connectivity index (χ3v) is 8.10. The van der Waals surface area contributed by atoms with Gasteiger partial charge in [-0.1, -0.05) is 43.7 Å². The Bertz CT molecular complexity index is 993. The number of hydrogen-bond donors (Lipinski definition) is 0. The molecule has 1 aliphatic heterocycles. The molecule has 1 aromatic carbocycles. The molecule has 3 rings (SSSR count). The van der Waals surface area contributed by atoms with E-state index in [1.54, 1.807) is 18.2 Å². The fourth-order valence-electron chi connectivity index (χ4n) is 3.93. The standard InChI is InChI=1S/C24H36N4O2S/c1-17(2)15-23-25-20(6)22(16-21-9-7-19(5)8-10-21)24(26-23)27-11-13-28(14-12-27)31(29,30)18(3)4/h7-10,17-18H,11-16H2,1-6H3. The summed E-state index contributed by atoms with van der Waals surface area (Å²) >= 11 is 0. The Labute approximate surface area is 187 Å². The van der Waals surface area contributed by atoms with Crippen LogP contribution in [0.5, 0.6) is 0 Å². The van der Waals surface area contributed by atoms with Crippen LogP contribution in [0, 0.1) is 19.8 Å². The Kier molecular flexibility index (Phi) is 7.37. The zero-order chi connectivity index (χ0) is 22.8. The van der Waals surface area contributed by atoms with Crippen LogP contribution < -0.4 is 4.90 Å². The first-order chi connectivity index (χ1) is 14.6. The fraction of sp³-hybridized carbons (Fsp3) is 0.583. The van der Waals surface area contributed by atoms with Gasteiger partial charge in [-0.3, -0.25) is 0 Å². The summed E-state index contributed by atoms with van der Waals surface area (Å²) in [5.74, 6) is 2.31. The minimum Gasteiger partial charge on any atom is -0.354 e. The molecule has 7 heteroatoms. The summed E-state index contributed by atoms with van der Waals surface area (Å²) in [7, 11) is -3.23. The van der Waals surface area contributed by atoms with Crippen LogP contribution in [0.25, 0.3) is 0 Å². The average molecular weight is 445 g/mol. The second-order valence-corrected chi connectivity index (χ2v) is 11.8. The van der Waals surface area contributed by atoms with E-state index in [1.807, 2.05) is 0 Å². The number of nitrogens with zero attached hydrogens (tertiary/aromatic N) is 4. The van der Waals surface area contributed by atoms with Crippen molar-refractivity contribution in [2.75, 3.05) is 31.1 Å². The SMILES string of the molecule is Cc1ccc(Cc2c(C)nc(CC(C)C)nc2N2CCN(S(=O)(=O)C(C)C)CC2)cc1. The minimum atomic E-state index is -3.23. The van der Waals surface area contributed by atoms with Crippen LogP contribution in [0.1, 0.15) is 55.9 Å². The first-order valence-electron chi connectivity index (χ1n) is 11.2. The van der Waals surface area contributed by atoms with Crippen LogP contribution in [-0.2, 0) is 22.9 Å². The van der Waals surface area contributed by atoms with Crippen LogP contribution in [-0.4, -0.2) is 54.1 Å². The molecule has 170 valence electrons. The predicted octanol–water partition coefficient (Wildman–Crippen LogP) is 3.74. The summed E-state index contributed by atoms with van der Waals surface area (Å²) in [6.45, 7) is 14.3. The first-order valence-corrected chi connectivity index (χ1v) is 12.7. The molecule has 31 heavy (non-hydrogen) atoms. The van der Waals surface area contributed by atoms with E-state index in [0.29, 0.717) is 32.1 Å². The molecular weight excluding hydrogens is 408 g/mol. The fourth-order valence-corrected chi connectivity index (χ4v) is 5.19. The molecule has 0 atom stereocenters. The van der Waals surface area contributed by atoms with Gasteiger partial charge in [-0.05, 0) is 39.2 Å². The van der Waals surface area contributed by atoms with E-state index < -0.39 is 15.3 Å². The van der Waals surface area contributed by atoms with Crippen LogP contribution in [0.4, 0.5) is 5.82 Å². The zero-order valence-corrected chi connectivity index (χ0v) is 20.5. The van der Waals surface area contributed by atoms with E-state index in [0.717, 1.165) is 35.7 Å². The molecule has 6 nitrogen and oxygen atoms in total. The van der Waals surface area contributed by atoms with Gasteiger partial charge < -0.3 is 4.90 Å². The summed E-state index contributed by atoms with van der Waals surface area (Å²) < 4.78 is 26.8. The van der Waals surface area contributed by atoms with Gasteiger partial charge in [0.15, 0.2) is 0 Å². The molecule has 0 spiro atoms. The molecule has 1 saturated heterocycles. The maximum absolute atomic E-state index is 12.6. The Morgan fingerprint density at radius 3 is 2.10 bits per heavy atom. The van der Waals surface area contributed by atoms with E-state index in [9.17, 15) is 8.42 Å². The smallest absolute Gasteiger partial charge is 0.216 e. The Balaban J connectivity index is 1.91. The second-order valence-electron chi connectivity index (χ2n) is 9.27. The predicted molar refractivity (Wildman–Crippen MR) is 127 cm³/mol. The van der Waals surface area contributed by atoms with Crippen molar-refractivity contribution in [2.24, 2.45) is 5.92 Å². The molecule has 1 aliphatic rings. The van der Waals surface area contributed by atoms with Gasteiger partial charge in [0.1, 0.15) is 11.6 Å². The maximum atomic E-state index is 12.6. The van der Waals surface area contributed by atoms with E-state index in [-0.39, 0.29) is 0 Å². The van der Waals surface area contributed by atoms with Gasteiger partial charge in [0.05, 0.1) is 5.25 Å². The van der Waals surface area contributed by atoms with Crippen molar-refractivity contribution in [3.63, 3.8) is 0 Å². The van der Waals surface area contributed by atoms with Gasteiger partial charge in [-0.2, -0.15) is 4.31 Å². The van der Waals surface area contributed by atoms with Crippen molar-refractivity contribution in [1.82, 2.24) is 14.3 Å². The highest BCUT2D eigenvalue weighted by atomic mass is 32.2. The lowest BCUT2D eigenvalue weighted by molar-refractivity contribution is 0.379. The minimum absolute atomic E-state index is 0.393. The number of piperazine rings is 1. The lowest BCUT2D eigenvalue weighted by atomic mass is 10.0. The lowest BCUT2D eigenvalue weighted by Gasteiger charge is -2.36. The van der Waals surface area contributed by atoms with Crippen molar-refractivity contribution in [3.05, 3.63) is 52.5 Å². The summed E-state index contributed by atoms with van der Waals surface area (Å²) in [5.41, 5.74) is 4.62. The molecule has 2 aromatic rings. The molecule has 0 N–H and O–H groups in total. The summed E-state index contributed by atoms with van der Waals surface area (Å²) in [4.78, 5) is 12.0. The van der Waals surface area contributed by atoms with Crippen LogP contribution in [0.3, 0.4) is 0 Å². The molecule has 0 saturated carbocycles. The van der Waals surface area contributed by atoms with Crippen molar-refractivity contribution in [1.29, 1.82) is 0 Å². The summed E-state index contributed by atoms with van der Waals surface area (Å²) in [6, 6.07) is 8.59. The largest absolute Gasteiger partial charge is 0.354 e. The Morgan fingerprint density at radius 2 is 1.55 bits per heavy atom. The van der Waals surface area contributed by atoms with Crippen LogP contribution in [0.2, 0.25) is 0 Å². The van der Waals surface area contributed by atoms with Gasteiger partial charge in [-0.15, -0.1) is 0 Å². The quantitative estimate of drug-likeness (QED) is 0.651. The second kappa shape index (κ2) is 9.65. The zero-order valence-electron chi connectivity index (χ0n) is 19.7. The number of aryl methyl sites for hydroxylation is 2. The normalized spacial score (nSPS) is 15.8. The third kappa shape index (κ3) is 5.63. The number of aromatic nitrogens is 2. The molecule has 2 heterocycles. The van der Waals surface area contributed by atoms with Crippen molar-refractivity contribution >= 4 is 15.8 Å². The van der Waals surface area contributed by atoms with E-state index in [1.165, 1.54) is 11.1 Å². The molecule has 0 radical (unpaired) electrons. The monoisotopic (exact) mass is 444 g/mol.